The van der Waals surface area contributed by atoms with Crippen LogP contribution in [0, 0.1) is 0 Å². The zero-order chi connectivity index (χ0) is 16.4. The van der Waals surface area contributed by atoms with E-state index in [1.807, 2.05) is 0 Å². The fourth-order valence-electron chi connectivity index (χ4n) is 1.92. The summed E-state index contributed by atoms with van der Waals surface area (Å²) in [5.41, 5.74) is 0. The number of sulfone groups is 2. The van der Waals surface area contributed by atoms with Crippen LogP contribution < -0.4 is 0 Å². The van der Waals surface area contributed by atoms with Gasteiger partial charge in [-0.1, -0.05) is 0 Å². The third-order valence-electron chi connectivity index (χ3n) is 3.04. The van der Waals surface area contributed by atoms with E-state index in [-0.39, 0.29) is 24.6 Å². The minimum atomic E-state index is -3.08. The summed E-state index contributed by atoms with van der Waals surface area (Å²) in [5, 5.41) is 0. The molecule has 2 aromatic heterocycles. The first-order valence-corrected chi connectivity index (χ1v) is 10.7. The van der Waals surface area contributed by atoms with Crippen molar-refractivity contribution >= 4 is 19.7 Å². The van der Waals surface area contributed by atoms with Crippen molar-refractivity contribution in [3.05, 3.63) is 24.8 Å². The zero-order valence-corrected chi connectivity index (χ0v) is 14.0. The van der Waals surface area contributed by atoms with Crippen molar-refractivity contribution in [3.8, 4) is 11.6 Å². The normalized spacial score (nSPS) is 12.6. The van der Waals surface area contributed by atoms with Crippen LogP contribution in [0.5, 0.6) is 0 Å². The Morgan fingerprint density at radius 1 is 0.818 bits per heavy atom. The molecule has 8 nitrogen and oxygen atoms in total. The Morgan fingerprint density at radius 2 is 1.18 bits per heavy atom. The second-order valence-electron chi connectivity index (χ2n) is 5.15. The van der Waals surface area contributed by atoms with Crippen LogP contribution in [0.25, 0.3) is 11.6 Å². The molecule has 0 saturated carbocycles. The van der Waals surface area contributed by atoms with Crippen molar-refractivity contribution in [2.75, 3.05) is 24.0 Å². The Bertz CT molecular complexity index is 777. The van der Waals surface area contributed by atoms with Gasteiger partial charge in [0.2, 0.25) is 0 Å². The fraction of sp³-hybridized carbons (Fsp3) is 0.500. The molecular weight excluding hydrogens is 328 g/mol. The lowest BCUT2D eigenvalue weighted by Crippen LogP contribution is -2.15. The molecule has 0 N–H and O–H groups in total. The highest BCUT2D eigenvalue weighted by molar-refractivity contribution is 7.90. The molecule has 0 aliphatic heterocycles. The summed E-state index contributed by atoms with van der Waals surface area (Å²) in [7, 11) is -6.16. The van der Waals surface area contributed by atoms with E-state index in [0.29, 0.717) is 11.6 Å². The highest BCUT2D eigenvalue weighted by Crippen LogP contribution is 2.16. The summed E-state index contributed by atoms with van der Waals surface area (Å²) >= 11 is 0. The Hall–Kier alpha value is -1.68. The molecule has 0 aliphatic rings. The van der Waals surface area contributed by atoms with E-state index in [4.69, 9.17) is 0 Å². The minimum absolute atomic E-state index is 0.000405. The Labute approximate surface area is 129 Å². The Morgan fingerprint density at radius 3 is 1.50 bits per heavy atom. The lowest BCUT2D eigenvalue weighted by atomic mass is 10.5. The summed E-state index contributed by atoms with van der Waals surface area (Å²) in [6.45, 7) is 0.542. The lowest BCUT2D eigenvalue weighted by Gasteiger charge is -2.09. The van der Waals surface area contributed by atoms with Gasteiger partial charge in [-0.2, -0.15) is 0 Å². The molecule has 0 spiro atoms. The third kappa shape index (κ3) is 4.67. The summed E-state index contributed by atoms with van der Waals surface area (Å²) in [6.07, 6.45) is 8.83. The average molecular weight is 346 g/mol. The van der Waals surface area contributed by atoms with E-state index in [1.54, 1.807) is 33.9 Å². The van der Waals surface area contributed by atoms with Crippen molar-refractivity contribution in [3.63, 3.8) is 0 Å². The maximum absolute atomic E-state index is 11.3. The molecule has 0 aliphatic carbocycles. The van der Waals surface area contributed by atoms with Gasteiger partial charge in [0, 0.05) is 50.4 Å². The minimum Gasteiger partial charge on any atom is -0.327 e. The maximum Gasteiger partial charge on any atom is 0.176 e. The highest BCUT2D eigenvalue weighted by atomic mass is 32.2. The second kappa shape index (κ2) is 6.21. The number of aryl methyl sites for hydroxylation is 2. The summed E-state index contributed by atoms with van der Waals surface area (Å²) in [5.74, 6) is 1.03. The van der Waals surface area contributed by atoms with Gasteiger partial charge in [0.1, 0.15) is 19.7 Å². The third-order valence-corrected chi connectivity index (χ3v) is 4.89. The molecule has 0 bridgehead atoms. The molecule has 122 valence electrons. The number of nitrogens with zero attached hydrogens (tertiary/aromatic N) is 4. The number of rotatable bonds is 7. The van der Waals surface area contributed by atoms with E-state index in [9.17, 15) is 16.8 Å². The Balaban J connectivity index is 2.23. The van der Waals surface area contributed by atoms with Crippen LogP contribution in [0.4, 0.5) is 0 Å². The van der Waals surface area contributed by atoms with Crippen LogP contribution in [0.2, 0.25) is 0 Å². The van der Waals surface area contributed by atoms with Gasteiger partial charge in [-0.3, -0.25) is 0 Å². The van der Waals surface area contributed by atoms with Gasteiger partial charge in [-0.25, -0.2) is 26.8 Å². The lowest BCUT2D eigenvalue weighted by molar-refractivity contribution is 0.591. The van der Waals surface area contributed by atoms with Crippen molar-refractivity contribution < 1.29 is 16.8 Å². The van der Waals surface area contributed by atoms with Gasteiger partial charge in [0.05, 0.1) is 11.5 Å². The van der Waals surface area contributed by atoms with E-state index in [1.165, 1.54) is 12.5 Å². The molecule has 0 saturated heterocycles. The average Bonchev–Trinajstić information content (AvgIpc) is 3.00. The maximum atomic E-state index is 11.3. The molecule has 0 fully saturated rings. The van der Waals surface area contributed by atoms with Gasteiger partial charge >= 0.3 is 0 Å². The van der Waals surface area contributed by atoms with E-state index >= 15 is 0 Å². The van der Waals surface area contributed by atoms with E-state index in [0.717, 1.165) is 0 Å². The summed E-state index contributed by atoms with van der Waals surface area (Å²) < 4.78 is 48.5. The number of hydrogen-bond donors (Lipinski definition) is 0. The molecule has 0 amide bonds. The van der Waals surface area contributed by atoms with Crippen LogP contribution in [0.3, 0.4) is 0 Å². The number of hydrogen-bond acceptors (Lipinski definition) is 6. The van der Waals surface area contributed by atoms with Crippen LogP contribution >= 0.6 is 0 Å². The van der Waals surface area contributed by atoms with Crippen LogP contribution in [0.15, 0.2) is 24.8 Å². The SMILES string of the molecule is CS(=O)(=O)CCn1ccnc1-c1nccn1CCS(C)(=O)=O. The van der Waals surface area contributed by atoms with Gasteiger partial charge in [0.15, 0.2) is 11.6 Å². The van der Waals surface area contributed by atoms with Gasteiger partial charge in [0.25, 0.3) is 0 Å². The molecule has 22 heavy (non-hydrogen) atoms. The smallest absolute Gasteiger partial charge is 0.176 e. The summed E-state index contributed by atoms with van der Waals surface area (Å²) in [6, 6.07) is 0. The molecule has 2 rings (SSSR count). The molecule has 0 aromatic carbocycles. The topological polar surface area (TPSA) is 104 Å². The number of aromatic nitrogens is 4. The van der Waals surface area contributed by atoms with Crippen molar-refractivity contribution in [1.29, 1.82) is 0 Å². The molecular formula is C12H18N4O4S2. The van der Waals surface area contributed by atoms with Crippen LogP contribution in [-0.2, 0) is 32.8 Å². The largest absolute Gasteiger partial charge is 0.327 e. The number of imidazole rings is 2. The first kappa shape index (κ1) is 16.7. The van der Waals surface area contributed by atoms with Gasteiger partial charge in [-0.05, 0) is 0 Å². The quantitative estimate of drug-likeness (QED) is 0.690. The summed E-state index contributed by atoms with van der Waals surface area (Å²) in [4.78, 5) is 8.40. The van der Waals surface area contributed by atoms with Crippen molar-refractivity contribution in [1.82, 2.24) is 19.1 Å². The highest BCUT2D eigenvalue weighted by Gasteiger charge is 2.14. The monoisotopic (exact) mass is 346 g/mol. The molecule has 0 atom stereocenters. The van der Waals surface area contributed by atoms with Crippen LogP contribution in [-0.4, -0.2) is 60.0 Å². The Kier molecular flexibility index (Phi) is 4.71. The second-order valence-corrected chi connectivity index (χ2v) is 9.67. The molecule has 2 heterocycles. The molecule has 10 heteroatoms. The van der Waals surface area contributed by atoms with E-state index < -0.39 is 19.7 Å². The van der Waals surface area contributed by atoms with Crippen LogP contribution in [0.1, 0.15) is 0 Å². The molecule has 0 radical (unpaired) electrons. The van der Waals surface area contributed by atoms with Gasteiger partial charge < -0.3 is 9.13 Å². The van der Waals surface area contributed by atoms with E-state index in [2.05, 4.69) is 9.97 Å². The molecule has 2 aromatic rings. The predicted octanol–water partition coefficient (Wildman–Crippen LogP) is -0.164. The molecule has 0 unspecified atom stereocenters. The van der Waals surface area contributed by atoms with Gasteiger partial charge in [-0.15, -0.1) is 0 Å². The predicted molar refractivity (Wildman–Crippen MR) is 82.9 cm³/mol. The fourth-order valence-corrected chi connectivity index (χ4v) is 2.98. The van der Waals surface area contributed by atoms with Crippen molar-refractivity contribution in [2.45, 2.75) is 13.1 Å². The first-order valence-electron chi connectivity index (χ1n) is 6.54. The first-order chi connectivity index (χ1) is 10.2. The standard InChI is InChI=1S/C12H18N4O4S2/c1-21(17,18)9-7-15-5-3-13-11(15)12-14-4-6-16(12)8-10-22(2,19)20/h3-6H,7-10H2,1-2H3. The zero-order valence-electron chi connectivity index (χ0n) is 12.4. The van der Waals surface area contributed by atoms with Crippen molar-refractivity contribution in [2.24, 2.45) is 0 Å².